The summed E-state index contributed by atoms with van der Waals surface area (Å²) in [7, 11) is 0. The molecule has 21 heavy (non-hydrogen) atoms. The Kier molecular flexibility index (Phi) is 5.14. The summed E-state index contributed by atoms with van der Waals surface area (Å²) in [6.45, 7) is 3.89. The number of carbonyl (C=O) groups is 2. The summed E-state index contributed by atoms with van der Waals surface area (Å²) in [6.07, 6.45) is 0.291. The smallest absolute Gasteiger partial charge is 0.220 e. The van der Waals surface area contributed by atoms with Crippen LogP contribution in [0, 0.1) is 13.8 Å². The standard InChI is InChI=1S/C14H15ClN2O3S/c1-8-9(2)20-14(17-8)7-16-13(19)6-3-10(18)11-4-5-12(15)21-11/h4-5H,3,6-7H2,1-2H3,(H,16,19). The third-order valence-electron chi connectivity index (χ3n) is 2.94. The molecule has 0 unspecified atom stereocenters. The second kappa shape index (κ2) is 6.87. The fourth-order valence-corrected chi connectivity index (χ4v) is 2.70. The second-order valence-corrected chi connectivity index (χ2v) is 6.27. The van der Waals surface area contributed by atoms with E-state index in [2.05, 4.69) is 10.3 Å². The lowest BCUT2D eigenvalue weighted by molar-refractivity contribution is -0.121. The third-order valence-corrected chi connectivity index (χ3v) is 4.21. The zero-order chi connectivity index (χ0) is 15.4. The number of Topliss-reactive ketones (excluding diaryl/α,β-unsaturated/α-hetero) is 1. The Labute approximate surface area is 131 Å². The van der Waals surface area contributed by atoms with Crippen molar-refractivity contribution in [1.82, 2.24) is 10.3 Å². The first kappa shape index (κ1) is 15.7. The largest absolute Gasteiger partial charge is 0.444 e. The quantitative estimate of drug-likeness (QED) is 0.827. The summed E-state index contributed by atoms with van der Waals surface area (Å²) >= 11 is 6.99. The molecule has 0 radical (unpaired) electrons. The first-order chi connectivity index (χ1) is 9.95. The average Bonchev–Trinajstić information content (AvgIpc) is 3.00. The van der Waals surface area contributed by atoms with Crippen molar-refractivity contribution in [3.63, 3.8) is 0 Å². The number of aryl methyl sites for hydroxylation is 2. The van der Waals surface area contributed by atoms with E-state index in [1.807, 2.05) is 13.8 Å². The molecule has 0 saturated heterocycles. The summed E-state index contributed by atoms with van der Waals surface area (Å²) in [5.74, 6) is 0.920. The van der Waals surface area contributed by atoms with E-state index in [4.69, 9.17) is 16.0 Å². The molecule has 0 bridgehead atoms. The van der Waals surface area contributed by atoms with Gasteiger partial charge in [0.05, 0.1) is 21.5 Å². The van der Waals surface area contributed by atoms with Gasteiger partial charge in [0.1, 0.15) is 5.76 Å². The van der Waals surface area contributed by atoms with E-state index in [9.17, 15) is 9.59 Å². The molecule has 112 valence electrons. The van der Waals surface area contributed by atoms with E-state index in [1.165, 1.54) is 11.3 Å². The molecule has 2 aromatic heterocycles. The van der Waals surface area contributed by atoms with Crippen molar-refractivity contribution in [2.24, 2.45) is 0 Å². The maximum Gasteiger partial charge on any atom is 0.220 e. The zero-order valence-corrected chi connectivity index (χ0v) is 13.3. The fraction of sp³-hybridized carbons (Fsp3) is 0.357. The summed E-state index contributed by atoms with van der Waals surface area (Å²) < 4.78 is 5.92. The molecular formula is C14H15ClN2O3S. The number of halogens is 1. The number of amides is 1. The third kappa shape index (κ3) is 4.41. The number of rotatable bonds is 6. The predicted molar refractivity (Wildman–Crippen MR) is 80.7 cm³/mol. The van der Waals surface area contributed by atoms with Crippen molar-refractivity contribution in [2.45, 2.75) is 33.2 Å². The molecule has 7 heteroatoms. The molecule has 0 spiro atoms. The van der Waals surface area contributed by atoms with Crippen LogP contribution in [0.5, 0.6) is 0 Å². The van der Waals surface area contributed by atoms with Crippen LogP contribution in [0.3, 0.4) is 0 Å². The van der Waals surface area contributed by atoms with E-state index in [-0.39, 0.29) is 31.1 Å². The van der Waals surface area contributed by atoms with Crippen molar-refractivity contribution in [1.29, 1.82) is 0 Å². The van der Waals surface area contributed by atoms with Gasteiger partial charge in [0.15, 0.2) is 5.78 Å². The minimum Gasteiger partial charge on any atom is -0.444 e. The van der Waals surface area contributed by atoms with Gasteiger partial charge in [-0.15, -0.1) is 11.3 Å². The molecule has 1 N–H and O–H groups in total. The first-order valence-corrected chi connectivity index (χ1v) is 7.63. The van der Waals surface area contributed by atoms with Crippen molar-refractivity contribution >= 4 is 34.6 Å². The van der Waals surface area contributed by atoms with Crippen molar-refractivity contribution in [2.75, 3.05) is 0 Å². The van der Waals surface area contributed by atoms with Crippen LogP contribution in [0.25, 0.3) is 0 Å². The molecule has 0 aliphatic rings. The lowest BCUT2D eigenvalue weighted by atomic mass is 10.2. The van der Waals surface area contributed by atoms with Gasteiger partial charge in [-0.05, 0) is 26.0 Å². The van der Waals surface area contributed by atoms with Gasteiger partial charge in [0.25, 0.3) is 0 Å². The van der Waals surface area contributed by atoms with Crippen LogP contribution in [-0.2, 0) is 11.3 Å². The van der Waals surface area contributed by atoms with E-state index in [1.54, 1.807) is 12.1 Å². The summed E-state index contributed by atoms with van der Waals surface area (Å²) in [6, 6.07) is 3.35. The van der Waals surface area contributed by atoms with Gasteiger partial charge >= 0.3 is 0 Å². The topological polar surface area (TPSA) is 72.2 Å². The molecule has 0 aromatic carbocycles. The van der Waals surface area contributed by atoms with Crippen LogP contribution in [-0.4, -0.2) is 16.7 Å². The zero-order valence-electron chi connectivity index (χ0n) is 11.7. The molecule has 2 heterocycles. The van der Waals surface area contributed by atoms with Gasteiger partial charge in [-0.2, -0.15) is 0 Å². The van der Waals surface area contributed by atoms with Gasteiger partial charge in [-0.1, -0.05) is 11.6 Å². The molecule has 2 aromatic rings. The Balaban J connectivity index is 1.76. The molecule has 1 amide bonds. The van der Waals surface area contributed by atoms with Gasteiger partial charge < -0.3 is 9.73 Å². The van der Waals surface area contributed by atoms with Gasteiger partial charge in [-0.3, -0.25) is 9.59 Å². The number of hydrogen-bond donors (Lipinski definition) is 1. The van der Waals surface area contributed by atoms with Crippen LogP contribution >= 0.6 is 22.9 Å². The number of hydrogen-bond acceptors (Lipinski definition) is 5. The molecule has 5 nitrogen and oxygen atoms in total. The highest BCUT2D eigenvalue weighted by Crippen LogP contribution is 2.22. The number of nitrogens with one attached hydrogen (secondary N) is 1. The number of oxazole rings is 1. The van der Waals surface area contributed by atoms with Gasteiger partial charge in [-0.25, -0.2) is 4.98 Å². The Hall–Kier alpha value is -1.66. The summed E-state index contributed by atoms with van der Waals surface area (Å²) in [5, 5.41) is 2.68. The number of carbonyl (C=O) groups excluding carboxylic acids is 2. The maximum absolute atomic E-state index is 11.8. The highest BCUT2D eigenvalue weighted by molar-refractivity contribution is 7.18. The molecule has 0 saturated carbocycles. The summed E-state index contributed by atoms with van der Waals surface area (Å²) in [5.41, 5.74) is 0.809. The van der Waals surface area contributed by atoms with Gasteiger partial charge in [0, 0.05) is 12.8 Å². The minimum absolute atomic E-state index is 0.0788. The highest BCUT2D eigenvalue weighted by Gasteiger charge is 2.12. The Bertz CT molecular complexity index is 643. The van der Waals surface area contributed by atoms with E-state index >= 15 is 0 Å². The van der Waals surface area contributed by atoms with Crippen molar-refractivity contribution < 1.29 is 14.0 Å². The van der Waals surface area contributed by atoms with E-state index in [0.717, 1.165) is 11.5 Å². The van der Waals surface area contributed by atoms with Crippen LogP contribution in [0.2, 0.25) is 4.34 Å². The lowest BCUT2D eigenvalue weighted by Crippen LogP contribution is -2.23. The number of aromatic nitrogens is 1. The maximum atomic E-state index is 11.8. The molecule has 2 rings (SSSR count). The molecular weight excluding hydrogens is 312 g/mol. The lowest BCUT2D eigenvalue weighted by Gasteiger charge is -2.01. The first-order valence-electron chi connectivity index (χ1n) is 6.44. The Morgan fingerprint density at radius 1 is 1.33 bits per heavy atom. The molecule has 0 fully saturated rings. The van der Waals surface area contributed by atoms with Crippen LogP contribution in [0.1, 0.15) is 39.9 Å². The van der Waals surface area contributed by atoms with E-state index in [0.29, 0.717) is 15.1 Å². The Morgan fingerprint density at radius 2 is 2.10 bits per heavy atom. The monoisotopic (exact) mass is 326 g/mol. The minimum atomic E-state index is -0.209. The molecule has 0 aliphatic heterocycles. The average molecular weight is 327 g/mol. The molecule has 0 aliphatic carbocycles. The number of thiophene rings is 1. The Morgan fingerprint density at radius 3 is 2.67 bits per heavy atom. The normalized spacial score (nSPS) is 10.6. The summed E-state index contributed by atoms with van der Waals surface area (Å²) in [4.78, 5) is 28.3. The predicted octanol–water partition coefficient (Wildman–Crippen LogP) is 3.29. The van der Waals surface area contributed by atoms with Crippen LogP contribution < -0.4 is 5.32 Å². The van der Waals surface area contributed by atoms with Crippen molar-refractivity contribution in [3.05, 3.63) is 38.7 Å². The van der Waals surface area contributed by atoms with Crippen LogP contribution in [0.4, 0.5) is 0 Å². The van der Waals surface area contributed by atoms with Crippen LogP contribution in [0.15, 0.2) is 16.5 Å². The van der Waals surface area contributed by atoms with E-state index < -0.39 is 0 Å². The second-order valence-electron chi connectivity index (χ2n) is 4.55. The number of ketones is 1. The van der Waals surface area contributed by atoms with Gasteiger partial charge in [0.2, 0.25) is 11.8 Å². The molecule has 0 atom stereocenters. The fourth-order valence-electron chi connectivity index (χ4n) is 1.69. The highest BCUT2D eigenvalue weighted by atomic mass is 35.5. The SMILES string of the molecule is Cc1nc(CNC(=O)CCC(=O)c2ccc(Cl)s2)oc1C. The number of nitrogens with zero attached hydrogens (tertiary/aromatic N) is 1. The van der Waals surface area contributed by atoms with Crippen molar-refractivity contribution in [3.8, 4) is 0 Å².